The van der Waals surface area contributed by atoms with Gasteiger partial charge in [-0.25, -0.2) is 4.98 Å². The van der Waals surface area contributed by atoms with Crippen LogP contribution < -0.4 is 4.90 Å². The summed E-state index contributed by atoms with van der Waals surface area (Å²) in [6.07, 6.45) is -4.25. The standard InChI is InChI=1S/C22H20F3N3O3/c1-14(20(30)27-12-6-8-15-7-2-4-10-17(15)27)31-19(29)13-28-18-11-5-3-9-16(18)26-21(28)22(23,24)25/h2-5,7,9-11,14H,6,8,12-13H2,1H3/t14-/m0/s1. The maximum absolute atomic E-state index is 13.4. The number of hydrogen-bond donors (Lipinski definition) is 0. The van der Waals surface area contributed by atoms with E-state index in [0.29, 0.717) is 6.54 Å². The van der Waals surface area contributed by atoms with Gasteiger partial charge in [0.25, 0.3) is 5.91 Å². The first-order chi connectivity index (χ1) is 14.8. The average Bonchev–Trinajstić information content (AvgIpc) is 3.11. The van der Waals surface area contributed by atoms with Crippen LogP contribution in [0.15, 0.2) is 48.5 Å². The Morgan fingerprint density at radius 1 is 1.13 bits per heavy atom. The maximum Gasteiger partial charge on any atom is 0.449 e. The van der Waals surface area contributed by atoms with Crippen LogP contribution in [0.1, 0.15) is 24.7 Å². The number of benzene rings is 2. The van der Waals surface area contributed by atoms with Gasteiger partial charge in [-0.05, 0) is 43.5 Å². The Bertz CT molecular complexity index is 1140. The Morgan fingerprint density at radius 3 is 2.61 bits per heavy atom. The number of para-hydroxylation sites is 3. The lowest BCUT2D eigenvalue weighted by molar-refractivity contribution is -0.157. The highest BCUT2D eigenvalue weighted by molar-refractivity contribution is 5.98. The van der Waals surface area contributed by atoms with Crippen molar-refractivity contribution in [3.05, 3.63) is 59.9 Å². The van der Waals surface area contributed by atoms with Crippen molar-refractivity contribution in [2.24, 2.45) is 0 Å². The zero-order valence-electron chi connectivity index (χ0n) is 16.7. The second-order valence-electron chi connectivity index (χ2n) is 7.36. The molecule has 162 valence electrons. The summed E-state index contributed by atoms with van der Waals surface area (Å²) in [6, 6.07) is 13.5. The highest BCUT2D eigenvalue weighted by Crippen LogP contribution is 2.32. The first-order valence-electron chi connectivity index (χ1n) is 9.87. The van der Waals surface area contributed by atoms with Crippen LogP contribution in [0, 0.1) is 0 Å². The summed E-state index contributed by atoms with van der Waals surface area (Å²) in [7, 11) is 0. The molecule has 6 nitrogen and oxygen atoms in total. The lowest BCUT2D eigenvalue weighted by atomic mass is 10.0. The molecule has 0 aliphatic carbocycles. The van der Waals surface area contributed by atoms with Gasteiger partial charge in [-0.2, -0.15) is 13.2 Å². The van der Waals surface area contributed by atoms with Crippen LogP contribution >= 0.6 is 0 Å². The fourth-order valence-electron chi connectivity index (χ4n) is 3.85. The molecule has 2 aromatic carbocycles. The van der Waals surface area contributed by atoms with Crippen LogP contribution in [-0.2, 0) is 33.5 Å². The van der Waals surface area contributed by atoms with Crippen LogP contribution in [0.5, 0.6) is 0 Å². The van der Waals surface area contributed by atoms with Gasteiger partial charge in [0.15, 0.2) is 6.10 Å². The molecule has 0 radical (unpaired) electrons. The van der Waals surface area contributed by atoms with Gasteiger partial charge in [0.1, 0.15) is 6.54 Å². The van der Waals surface area contributed by atoms with Gasteiger partial charge < -0.3 is 14.2 Å². The number of imidazole rings is 1. The van der Waals surface area contributed by atoms with Crippen molar-refractivity contribution in [1.29, 1.82) is 0 Å². The highest BCUT2D eigenvalue weighted by Gasteiger charge is 2.38. The van der Waals surface area contributed by atoms with Crippen molar-refractivity contribution in [3.8, 4) is 0 Å². The number of carbonyl (C=O) groups excluding carboxylic acids is 2. The number of aromatic nitrogens is 2. The van der Waals surface area contributed by atoms with Crippen molar-refractivity contribution in [2.45, 2.75) is 38.6 Å². The molecule has 1 aliphatic rings. The van der Waals surface area contributed by atoms with Crippen LogP contribution in [-0.4, -0.2) is 34.1 Å². The second kappa shape index (κ2) is 8.05. The van der Waals surface area contributed by atoms with E-state index in [-0.39, 0.29) is 11.0 Å². The van der Waals surface area contributed by atoms with E-state index in [2.05, 4.69) is 4.98 Å². The van der Waals surface area contributed by atoms with Gasteiger partial charge in [-0.15, -0.1) is 0 Å². The number of ether oxygens (including phenoxy) is 1. The number of amides is 1. The summed E-state index contributed by atoms with van der Waals surface area (Å²) in [4.78, 5) is 30.5. The SMILES string of the molecule is C[C@H](OC(=O)Cn1c(C(F)(F)F)nc2ccccc21)C(=O)N1CCCc2ccccc21. The van der Waals surface area contributed by atoms with Crippen LogP contribution in [0.2, 0.25) is 0 Å². The van der Waals surface area contributed by atoms with Gasteiger partial charge in [-0.3, -0.25) is 9.59 Å². The van der Waals surface area contributed by atoms with Crippen LogP contribution in [0.4, 0.5) is 18.9 Å². The molecule has 1 amide bonds. The molecule has 0 bridgehead atoms. The Hall–Kier alpha value is -3.36. The number of anilines is 1. The Kier molecular flexibility index (Phi) is 5.43. The molecule has 0 saturated heterocycles. The fourth-order valence-corrected chi connectivity index (χ4v) is 3.85. The molecule has 3 aromatic rings. The van der Waals surface area contributed by atoms with Crippen molar-refractivity contribution >= 4 is 28.6 Å². The van der Waals surface area contributed by atoms with Gasteiger partial charge in [0.05, 0.1) is 11.0 Å². The van der Waals surface area contributed by atoms with E-state index in [9.17, 15) is 22.8 Å². The number of alkyl halides is 3. The van der Waals surface area contributed by atoms with Crippen molar-refractivity contribution < 1.29 is 27.5 Å². The summed E-state index contributed by atoms with van der Waals surface area (Å²) in [5, 5.41) is 0. The first kappa shape index (κ1) is 20.9. The number of rotatable bonds is 4. The van der Waals surface area contributed by atoms with Gasteiger partial charge in [-0.1, -0.05) is 30.3 Å². The summed E-state index contributed by atoms with van der Waals surface area (Å²) >= 11 is 0. The van der Waals surface area contributed by atoms with Crippen LogP contribution in [0.3, 0.4) is 0 Å². The normalized spacial score (nSPS) is 14.9. The quantitative estimate of drug-likeness (QED) is 0.587. The van der Waals surface area contributed by atoms with Gasteiger partial charge >= 0.3 is 12.1 Å². The fraction of sp³-hybridized carbons (Fsp3) is 0.318. The zero-order valence-corrected chi connectivity index (χ0v) is 16.7. The molecule has 0 fully saturated rings. The molecule has 4 rings (SSSR count). The Balaban J connectivity index is 1.52. The number of fused-ring (bicyclic) bond motifs is 2. The monoisotopic (exact) mass is 431 g/mol. The third-order valence-corrected chi connectivity index (χ3v) is 5.23. The van der Waals surface area contributed by atoms with Gasteiger partial charge in [0, 0.05) is 12.2 Å². The molecular formula is C22H20F3N3O3. The van der Waals surface area contributed by atoms with E-state index in [1.54, 1.807) is 17.0 Å². The number of halogens is 3. The minimum atomic E-state index is -4.74. The lowest BCUT2D eigenvalue weighted by Gasteiger charge is -2.31. The minimum Gasteiger partial charge on any atom is -0.451 e. The van der Waals surface area contributed by atoms with E-state index < -0.39 is 36.5 Å². The molecule has 9 heteroatoms. The molecule has 31 heavy (non-hydrogen) atoms. The third-order valence-electron chi connectivity index (χ3n) is 5.23. The third kappa shape index (κ3) is 4.12. The summed E-state index contributed by atoms with van der Waals surface area (Å²) < 4.78 is 46.2. The Morgan fingerprint density at radius 2 is 1.84 bits per heavy atom. The molecular weight excluding hydrogens is 411 g/mol. The highest BCUT2D eigenvalue weighted by atomic mass is 19.4. The predicted octanol–water partition coefficient (Wildman–Crippen LogP) is 3.97. The number of aryl methyl sites for hydroxylation is 1. The molecule has 0 N–H and O–H groups in total. The van der Waals surface area contributed by atoms with Crippen molar-refractivity contribution in [3.63, 3.8) is 0 Å². The van der Waals surface area contributed by atoms with Crippen molar-refractivity contribution in [1.82, 2.24) is 9.55 Å². The first-order valence-corrected chi connectivity index (χ1v) is 9.87. The van der Waals surface area contributed by atoms with Crippen LogP contribution in [0.25, 0.3) is 11.0 Å². The van der Waals surface area contributed by atoms with E-state index >= 15 is 0 Å². The second-order valence-corrected chi connectivity index (χ2v) is 7.36. The predicted molar refractivity (Wildman–Crippen MR) is 107 cm³/mol. The number of nitrogens with zero attached hydrogens (tertiary/aromatic N) is 3. The van der Waals surface area contributed by atoms with Crippen molar-refractivity contribution in [2.75, 3.05) is 11.4 Å². The molecule has 0 spiro atoms. The molecule has 1 atom stereocenters. The smallest absolute Gasteiger partial charge is 0.449 e. The Labute approximate surface area is 176 Å². The summed E-state index contributed by atoms with van der Waals surface area (Å²) in [6.45, 7) is 1.21. The number of carbonyl (C=O) groups is 2. The molecule has 2 heterocycles. The average molecular weight is 431 g/mol. The van der Waals surface area contributed by atoms with E-state index in [1.165, 1.54) is 19.1 Å². The number of hydrogen-bond acceptors (Lipinski definition) is 4. The minimum absolute atomic E-state index is 0.122. The zero-order chi connectivity index (χ0) is 22.2. The van der Waals surface area contributed by atoms with E-state index in [1.807, 2.05) is 24.3 Å². The summed E-state index contributed by atoms with van der Waals surface area (Å²) in [5.41, 5.74) is 2.08. The van der Waals surface area contributed by atoms with Gasteiger partial charge in [0.2, 0.25) is 5.82 Å². The topological polar surface area (TPSA) is 64.4 Å². The molecule has 0 saturated carbocycles. The largest absolute Gasteiger partial charge is 0.451 e. The summed E-state index contributed by atoms with van der Waals surface area (Å²) in [5.74, 6) is -2.54. The van der Waals surface area contributed by atoms with E-state index in [0.717, 1.165) is 28.7 Å². The number of esters is 1. The molecule has 0 unspecified atom stereocenters. The molecule has 1 aliphatic heterocycles. The van der Waals surface area contributed by atoms with E-state index in [4.69, 9.17) is 4.74 Å². The lowest BCUT2D eigenvalue weighted by Crippen LogP contribution is -2.43. The maximum atomic E-state index is 13.4. The molecule has 1 aromatic heterocycles.